The number of halogens is 2. The SMILES string of the molecule is O=c1c2cc(I)ccc2nc(SCc2ccccc2)n1-c1ccc(Cl)cc1. The molecule has 0 spiro atoms. The summed E-state index contributed by atoms with van der Waals surface area (Å²) in [4.78, 5) is 18.1. The maximum Gasteiger partial charge on any atom is 0.266 e. The molecule has 0 aliphatic rings. The molecular formula is C21H14ClIN2OS. The predicted octanol–water partition coefficient (Wildman–Crippen LogP) is 5.94. The molecular weight excluding hydrogens is 491 g/mol. The molecule has 0 bridgehead atoms. The van der Waals surface area contributed by atoms with Crippen molar-refractivity contribution in [1.82, 2.24) is 9.55 Å². The molecule has 4 aromatic rings. The zero-order valence-electron chi connectivity index (χ0n) is 14.1. The summed E-state index contributed by atoms with van der Waals surface area (Å²) in [6, 6.07) is 23.2. The molecule has 0 saturated carbocycles. The van der Waals surface area contributed by atoms with Crippen LogP contribution in [0.5, 0.6) is 0 Å². The third-order valence-electron chi connectivity index (χ3n) is 4.10. The molecule has 134 valence electrons. The van der Waals surface area contributed by atoms with Crippen LogP contribution in [0, 0.1) is 3.57 Å². The molecule has 1 aromatic heterocycles. The third kappa shape index (κ3) is 4.05. The standard InChI is InChI=1S/C21H14ClIN2OS/c22-15-6-9-17(10-7-15)25-20(26)18-12-16(23)8-11-19(18)24-21(25)27-13-14-4-2-1-3-5-14/h1-12H,13H2. The van der Waals surface area contributed by atoms with E-state index in [9.17, 15) is 4.79 Å². The van der Waals surface area contributed by atoms with Crippen molar-refractivity contribution < 1.29 is 0 Å². The molecule has 0 N–H and O–H groups in total. The van der Waals surface area contributed by atoms with E-state index in [1.54, 1.807) is 28.5 Å². The summed E-state index contributed by atoms with van der Waals surface area (Å²) < 4.78 is 2.67. The molecule has 0 unspecified atom stereocenters. The number of aromatic nitrogens is 2. The second kappa shape index (κ2) is 8.04. The maximum atomic E-state index is 13.3. The summed E-state index contributed by atoms with van der Waals surface area (Å²) in [5.41, 5.74) is 2.58. The minimum absolute atomic E-state index is 0.0728. The molecule has 0 atom stereocenters. The van der Waals surface area contributed by atoms with Crippen LogP contribution >= 0.6 is 46.0 Å². The van der Waals surface area contributed by atoms with Crippen molar-refractivity contribution in [3.63, 3.8) is 0 Å². The van der Waals surface area contributed by atoms with Crippen molar-refractivity contribution in [2.45, 2.75) is 10.9 Å². The summed E-state index contributed by atoms with van der Waals surface area (Å²) >= 11 is 9.79. The van der Waals surface area contributed by atoms with Crippen LogP contribution in [0.25, 0.3) is 16.6 Å². The van der Waals surface area contributed by atoms with Gasteiger partial charge in [-0.2, -0.15) is 0 Å². The number of hydrogen-bond donors (Lipinski definition) is 0. The topological polar surface area (TPSA) is 34.9 Å². The smallest absolute Gasteiger partial charge is 0.266 e. The van der Waals surface area contributed by atoms with Crippen LogP contribution < -0.4 is 5.56 Å². The molecule has 0 fully saturated rings. The second-order valence-electron chi connectivity index (χ2n) is 5.95. The monoisotopic (exact) mass is 504 g/mol. The van der Waals surface area contributed by atoms with E-state index in [-0.39, 0.29) is 5.56 Å². The van der Waals surface area contributed by atoms with Gasteiger partial charge in [0.25, 0.3) is 5.56 Å². The molecule has 1 heterocycles. The van der Waals surface area contributed by atoms with Gasteiger partial charge in [0.1, 0.15) is 0 Å². The summed E-state index contributed by atoms with van der Waals surface area (Å²) in [5.74, 6) is 0.733. The van der Waals surface area contributed by atoms with Crippen LogP contribution in [0.1, 0.15) is 5.56 Å². The van der Waals surface area contributed by atoms with Gasteiger partial charge in [0.2, 0.25) is 0 Å². The minimum Gasteiger partial charge on any atom is -0.268 e. The van der Waals surface area contributed by atoms with Crippen LogP contribution in [0.3, 0.4) is 0 Å². The lowest BCUT2D eigenvalue weighted by Crippen LogP contribution is -2.21. The van der Waals surface area contributed by atoms with Crippen molar-refractivity contribution in [1.29, 1.82) is 0 Å². The zero-order valence-corrected chi connectivity index (χ0v) is 17.8. The zero-order chi connectivity index (χ0) is 18.8. The highest BCUT2D eigenvalue weighted by Gasteiger charge is 2.14. The second-order valence-corrected chi connectivity index (χ2v) is 8.57. The number of hydrogen-bond acceptors (Lipinski definition) is 3. The van der Waals surface area contributed by atoms with Crippen molar-refractivity contribution in [2.24, 2.45) is 0 Å². The van der Waals surface area contributed by atoms with Crippen molar-refractivity contribution in [3.8, 4) is 5.69 Å². The normalized spacial score (nSPS) is 11.0. The largest absolute Gasteiger partial charge is 0.268 e. The molecule has 27 heavy (non-hydrogen) atoms. The Kier molecular flexibility index (Phi) is 5.52. The third-order valence-corrected chi connectivity index (χ3v) is 6.03. The van der Waals surface area contributed by atoms with Gasteiger partial charge in [0, 0.05) is 14.3 Å². The fraction of sp³-hybridized carbons (Fsp3) is 0.0476. The molecule has 0 saturated heterocycles. The van der Waals surface area contributed by atoms with E-state index >= 15 is 0 Å². The van der Waals surface area contributed by atoms with Crippen molar-refractivity contribution >= 4 is 56.9 Å². The van der Waals surface area contributed by atoms with E-state index < -0.39 is 0 Å². The molecule has 0 amide bonds. The van der Waals surface area contributed by atoms with Gasteiger partial charge in [0.05, 0.1) is 16.6 Å². The average molecular weight is 505 g/mol. The lowest BCUT2D eigenvalue weighted by atomic mass is 10.2. The average Bonchev–Trinajstić information content (AvgIpc) is 2.69. The Morgan fingerprint density at radius 1 is 1.00 bits per heavy atom. The van der Waals surface area contributed by atoms with E-state index in [1.807, 2.05) is 48.5 Å². The van der Waals surface area contributed by atoms with Gasteiger partial charge >= 0.3 is 0 Å². The number of fused-ring (bicyclic) bond motifs is 1. The van der Waals surface area contributed by atoms with E-state index in [0.717, 1.165) is 15.0 Å². The fourth-order valence-corrected chi connectivity index (χ4v) is 4.36. The van der Waals surface area contributed by atoms with E-state index in [0.29, 0.717) is 21.1 Å². The molecule has 4 rings (SSSR count). The highest BCUT2D eigenvalue weighted by Crippen LogP contribution is 2.25. The number of nitrogens with zero attached hydrogens (tertiary/aromatic N) is 2. The Labute approximate surface area is 179 Å². The first kappa shape index (κ1) is 18.5. The van der Waals surface area contributed by atoms with Crippen molar-refractivity contribution in [2.75, 3.05) is 0 Å². The van der Waals surface area contributed by atoms with E-state index in [4.69, 9.17) is 16.6 Å². The molecule has 0 aliphatic carbocycles. The maximum absolute atomic E-state index is 13.3. The molecule has 6 heteroatoms. The van der Waals surface area contributed by atoms with Gasteiger partial charge in [-0.05, 0) is 70.6 Å². The Morgan fingerprint density at radius 2 is 1.74 bits per heavy atom. The fourth-order valence-electron chi connectivity index (χ4n) is 2.77. The first-order valence-electron chi connectivity index (χ1n) is 8.27. The highest BCUT2D eigenvalue weighted by molar-refractivity contribution is 14.1. The lowest BCUT2D eigenvalue weighted by molar-refractivity contribution is 0.819. The first-order chi connectivity index (χ1) is 13.1. The van der Waals surface area contributed by atoms with E-state index in [2.05, 4.69) is 34.7 Å². The van der Waals surface area contributed by atoms with Crippen LogP contribution in [0.2, 0.25) is 5.02 Å². The van der Waals surface area contributed by atoms with Gasteiger partial charge < -0.3 is 0 Å². The predicted molar refractivity (Wildman–Crippen MR) is 121 cm³/mol. The molecule has 0 radical (unpaired) electrons. The number of rotatable bonds is 4. The van der Waals surface area contributed by atoms with Crippen LogP contribution in [-0.4, -0.2) is 9.55 Å². The molecule has 3 nitrogen and oxygen atoms in total. The van der Waals surface area contributed by atoms with Gasteiger partial charge in [-0.3, -0.25) is 9.36 Å². The van der Waals surface area contributed by atoms with Gasteiger partial charge in [-0.15, -0.1) is 0 Å². The Bertz CT molecular complexity index is 1160. The summed E-state index contributed by atoms with van der Waals surface area (Å²) in [6.07, 6.45) is 0. The first-order valence-corrected chi connectivity index (χ1v) is 10.7. The quantitative estimate of drug-likeness (QED) is 0.196. The van der Waals surface area contributed by atoms with Crippen LogP contribution in [0.15, 0.2) is 82.7 Å². The van der Waals surface area contributed by atoms with Gasteiger partial charge in [-0.1, -0.05) is 53.7 Å². The van der Waals surface area contributed by atoms with E-state index in [1.165, 1.54) is 5.56 Å². The van der Waals surface area contributed by atoms with Gasteiger partial charge in [-0.25, -0.2) is 4.98 Å². The number of benzene rings is 3. The Balaban J connectivity index is 1.87. The molecule has 3 aromatic carbocycles. The summed E-state index contributed by atoms with van der Waals surface area (Å²) in [6.45, 7) is 0. The lowest BCUT2D eigenvalue weighted by Gasteiger charge is -2.13. The number of thioether (sulfide) groups is 1. The van der Waals surface area contributed by atoms with Crippen LogP contribution in [0.4, 0.5) is 0 Å². The van der Waals surface area contributed by atoms with Gasteiger partial charge in [0.15, 0.2) is 5.16 Å². The van der Waals surface area contributed by atoms with Crippen molar-refractivity contribution in [3.05, 3.63) is 97.3 Å². The summed E-state index contributed by atoms with van der Waals surface area (Å²) in [7, 11) is 0. The van der Waals surface area contributed by atoms with Crippen LogP contribution in [-0.2, 0) is 5.75 Å². The Hall–Kier alpha value is -1.83. The highest BCUT2D eigenvalue weighted by atomic mass is 127. The molecule has 0 aliphatic heterocycles. The summed E-state index contributed by atoms with van der Waals surface area (Å²) in [5, 5.41) is 1.91. The minimum atomic E-state index is -0.0728. The Morgan fingerprint density at radius 3 is 2.48 bits per heavy atom.